The molecule has 6 nitrogen and oxygen atoms in total. The normalized spacial score (nSPS) is 16.9. The van der Waals surface area contributed by atoms with E-state index in [4.69, 9.17) is 4.74 Å². The Morgan fingerprint density at radius 3 is 2.62 bits per heavy atom. The molecule has 1 aromatic rings. The fourth-order valence-corrected chi connectivity index (χ4v) is 2.72. The second kappa shape index (κ2) is 8.14. The number of piperidine rings is 1. The smallest absolute Gasteiger partial charge is 0.158 e. The van der Waals surface area contributed by atoms with Crippen molar-refractivity contribution in [2.24, 2.45) is 0 Å². The van der Waals surface area contributed by atoms with Crippen molar-refractivity contribution in [2.45, 2.75) is 38.8 Å². The molecule has 1 fully saturated rings. The lowest BCUT2D eigenvalue weighted by molar-refractivity contribution is 0.178. The molecule has 0 atom stereocenters. The quantitative estimate of drug-likeness (QED) is 0.801. The molecule has 0 spiro atoms. The van der Waals surface area contributed by atoms with Gasteiger partial charge in [0.1, 0.15) is 18.2 Å². The predicted octanol–water partition coefficient (Wildman–Crippen LogP) is 1.95. The second-order valence-corrected chi connectivity index (χ2v) is 5.50. The lowest BCUT2D eigenvalue weighted by Crippen LogP contribution is -2.39. The zero-order valence-corrected chi connectivity index (χ0v) is 13.4. The van der Waals surface area contributed by atoms with Gasteiger partial charge < -0.3 is 20.3 Å². The maximum absolute atomic E-state index is 5.13. The van der Waals surface area contributed by atoms with E-state index in [0.29, 0.717) is 18.5 Å². The van der Waals surface area contributed by atoms with Gasteiger partial charge in [0, 0.05) is 39.4 Å². The third-order valence-corrected chi connectivity index (χ3v) is 3.78. The van der Waals surface area contributed by atoms with E-state index in [0.717, 1.165) is 11.6 Å². The van der Waals surface area contributed by atoms with Crippen LogP contribution in [0, 0.1) is 0 Å². The average molecular weight is 293 g/mol. The summed E-state index contributed by atoms with van der Waals surface area (Å²) in [6, 6.07) is 2.45. The Bertz CT molecular complexity index is 432. The standard InChI is InChI=1S/C15H27N5O/c1-4-7-20-8-5-12(6-9-20)17-14-10-13(16-2)18-15(19-14)11-21-3/h10,12H,4-9,11H2,1-3H3,(H2,16,17,18,19). The van der Waals surface area contributed by atoms with Gasteiger partial charge in [0.05, 0.1) is 0 Å². The van der Waals surface area contributed by atoms with Crippen molar-refractivity contribution in [1.29, 1.82) is 0 Å². The van der Waals surface area contributed by atoms with E-state index in [2.05, 4.69) is 32.4 Å². The van der Waals surface area contributed by atoms with Crippen LogP contribution in [0.2, 0.25) is 0 Å². The first-order valence-corrected chi connectivity index (χ1v) is 7.78. The van der Waals surface area contributed by atoms with Gasteiger partial charge in [0.2, 0.25) is 0 Å². The summed E-state index contributed by atoms with van der Waals surface area (Å²) in [5.74, 6) is 2.41. The van der Waals surface area contributed by atoms with Crippen LogP contribution >= 0.6 is 0 Å². The number of hydrogen-bond donors (Lipinski definition) is 2. The van der Waals surface area contributed by atoms with E-state index in [1.165, 1.54) is 38.9 Å². The molecule has 0 saturated carbocycles. The van der Waals surface area contributed by atoms with E-state index in [1.54, 1.807) is 7.11 Å². The summed E-state index contributed by atoms with van der Waals surface area (Å²) >= 11 is 0. The van der Waals surface area contributed by atoms with Gasteiger partial charge in [-0.25, -0.2) is 9.97 Å². The zero-order valence-electron chi connectivity index (χ0n) is 13.4. The summed E-state index contributed by atoms with van der Waals surface area (Å²) in [6.45, 7) is 6.21. The number of aromatic nitrogens is 2. The highest BCUT2D eigenvalue weighted by Crippen LogP contribution is 2.18. The van der Waals surface area contributed by atoms with Crippen molar-refractivity contribution in [2.75, 3.05) is 44.4 Å². The Kier molecular flexibility index (Phi) is 6.20. The summed E-state index contributed by atoms with van der Waals surface area (Å²) in [7, 11) is 3.53. The maximum Gasteiger partial charge on any atom is 0.158 e. The number of anilines is 2. The van der Waals surface area contributed by atoms with Crippen molar-refractivity contribution in [3.8, 4) is 0 Å². The SMILES string of the molecule is CCCN1CCC(Nc2cc(NC)nc(COC)n2)CC1. The minimum atomic E-state index is 0.430. The molecular formula is C15H27N5O. The molecule has 2 heterocycles. The molecule has 1 saturated heterocycles. The van der Waals surface area contributed by atoms with Crippen LogP contribution in [0.5, 0.6) is 0 Å². The molecule has 1 aliphatic rings. The lowest BCUT2D eigenvalue weighted by Gasteiger charge is -2.32. The van der Waals surface area contributed by atoms with Crippen LogP contribution in [0.1, 0.15) is 32.0 Å². The summed E-state index contributed by atoms with van der Waals surface area (Å²) in [5, 5.41) is 6.62. The van der Waals surface area contributed by atoms with Crippen LogP contribution in [-0.4, -0.2) is 54.7 Å². The Balaban J connectivity index is 1.94. The van der Waals surface area contributed by atoms with Crippen LogP contribution in [0.4, 0.5) is 11.6 Å². The monoisotopic (exact) mass is 293 g/mol. The van der Waals surface area contributed by atoms with Gasteiger partial charge in [-0.1, -0.05) is 6.92 Å². The molecule has 6 heteroatoms. The fourth-order valence-electron chi connectivity index (χ4n) is 2.72. The van der Waals surface area contributed by atoms with Gasteiger partial charge >= 0.3 is 0 Å². The highest BCUT2D eigenvalue weighted by molar-refractivity contribution is 5.47. The van der Waals surface area contributed by atoms with Crippen molar-refractivity contribution in [3.63, 3.8) is 0 Å². The molecule has 1 aliphatic heterocycles. The van der Waals surface area contributed by atoms with Gasteiger partial charge in [-0.15, -0.1) is 0 Å². The van der Waals surface area contributed by atoms with Gasteiger partial charge in [0.25, 0.3) is 0 Å². The van der Waals surface area contributed by atoms with E-state index in [-0.39, 0.29) is 0 Å². The van der Waals surface area contributed by atoms with Crippen LogP contribution < -0.4 is 10.6 Å². The van der Waals surface area contributed by atoms with Crippen molar-refractivity contribution >= 4 is 11.6 Å². The molecule has 0 unspecified atom stereocenters. The van der Waals surface area contributed by atoms with Gasteiger partial charge in [-0.3, -0.25) is 0 Å². The van der Waals surface area contributed by atoms with Crippen molar-refractivity contribution in [3.05, 3.63) is 11.9 Å². The summed E-state index contributed by atoms with van der Waals surface area (Å²) in [4.78, 5) is 11.4. The van der Waals surface area contributed by atoms with Gasteiger partial charge in [-0.2, -0.15) is 0 Å². The largest absolute Gasteiger partial charge is 0.377 e. The molecule has 21 heavy (non-hydrogen) atoms. The minimum Gasteiger partial charge on any atom is -0.377 e. The second-order valence-electron chi connectivity index (χ2n) is 5.50. The molecular weight excluding hydrogens is 266 g/mol. The highest BCUT2D eigenvalue weighted by Gasteiger charge is 2.19. The third-order valence-electron chi connectivity index (χ3n) is 3.78. The minimum absolute atomic E-state index is 0.430. The number of nitrogens with zero attached hydrogens (tertiary/aromatic N) is 3. The highest BCUT2D eigenvalue weighted by atomic mass is 16.5. The number of hydrogen-bond acceptors (Lipinski definition) is 6. The maximum atomic E-state index is 5.13. The van der Waals surface area contributed by atoms with Crippen LogP contribution in [0.25, 0.3) is 0 Å². The van der Waals surface area contributed by atoms with E-state index in [9.17, 15) is 0 Å². The first kappa shape index (κ1) is 16.0. The number of nitrogens with one attached hydrogen (secondary N) is 2. The van der Waals surface area contributed by atoms with E-state index in [1.807, 2.05) is 13.1 Å². The number of ether oxygens (including phenoxy) is 1. The Labute approximate surface area is 127 Å². The molecule has 0 aliphatic carbocycles. The van der Waals surface area contributed by atoms with Crippen molar-refractivity contribution < 1.29 is 4.74 Å². The number of methoxy groups -OCH3 is 1. The molecule has 2 rings (SSSR count). The Hall–Kier alpha value is -1.40. The van der Waals surface area contributed by atoms with Crippen LogP contribution in [-0.2, 0) is 11.3 Å². The van der Waals surface area contributed by atoms with Gasteiger partial charge in [-0.05, 0) is 25.8 Å². The van der Waals surface area contributed by atoms with Crippen LogP contribution in [0.3, 0.4) is 0 Å². The van der Waals surface area contributed by atoms with Crippen molar-refractivity contribution in [1.82, 2.24) is 14.9 Å². The van der Waals surface area contributed by atoms with Crippen LogP contribution in [0.15, 0.2) is 6.07 Å². The van der Waals surface area contributed by atoms with E-state index >= 15 is 0 Å². The molecule has 0 amide bonds. The summed E-state index contributed by atoms with van der Waals surface area (Å²) in [5.41, 5.74) is 0. The third kappa shape index (κ3) is 4.82. The molecule has 1 aromatic heterocycles. The first-order valence-electron chi connectivity index (χ1n) is 7.78. The fraction of sp³-hybridized carbons (Fsp3) is 0.733. The molecule has 0 radical (unpaired) electrons. The molecule has 2 N–H and O–H groups in total. The topological polar surface area (TPSA) is 62.3 Å². The lowest BCUT2D eigenvalue weighted by atomic mass is 10.0. The summed E-state index contributed by atoms with van der Waals surface area (Å²) < 4.78 is 5.13. The Morgan fingerprint density at radius 2 is 2.00 bits per heavy atom. The molecule has 118 valence electrons. The number of likely N-dealkylation sites (tertiary alicyclic amines) is 1. The molecule has 0 aromatic carbocycles. The predicted molar refractivity (Wildman–Crippen MR) is 85.7 cm³/mol. The Morgan fingerprint density at radius 1 is 1.29 bits per heavy atom. The summed E-state index contributed by atoms with van der Waals surface area (Å²) in [6.07, 6.45) is 3.56. The first-order chi connectivity index (χ1) is 10.2. The average Bonchev–Trinajstić information content (AvgIpc) is 2.49. The van der Waals surface area contributed by atoms with Gasteiger partial charge in [0.15, 0.2) is 5.82 Å². The number of rotatable bonds is 7. The molecule has 0 bridgehead atoms. The van der Waals surface area contributed by atoms with E-state index < -0.39 is 0 Å². The zero-order chi connectivity index (χ0) is 15.1.